The zero-order valence-electron chi connectivity index (χ0n) is 11.2. The molecule has 0 spiro atoms. The Balaban J connectivity index is 2.14. The fraction of sp³-hybridized carbons (Fsp3) is 0.538. The molecule has 98 valence electrons. The molecule has 0 aliphatic heterocycles. The molecule has 0 radical (unpaired) electrons. The van der Waals surface area contributed by atoms with Gasteiger partial charge in [-0.05, 0) is 25.0 Å². The van der Waals surface area contributed by atoms with Crippen LogP contribution < -0.4 is 5.32 Å². The van der Waals surface area contributed by atoms with E-state index < -0.39 is 0 Å². The number of methoxy groups -OCH3 is 1. The second kappa shape index (κ2) is 5.82. The second-order valence-electron chi connectivity index (χ2n) is 4.53. The predicted octanol–water partition coefficient (Wildman–Crippen LogP) is 2.26. The fourth-order valence-electron chi connectivity index (χ4n) is 1.98. The molecule has 0 aromatic carbocycles. The van der Waals surface area contributed by atoms with Crippen molar-refractivity contribution in [3.05, 3.63) is 23.9 Å². The van der Waals surface area contributed by atoms with Crippen LogP contribution in [0.5, 0.6) is 0 Å². The highest BCUT2D eigenvalue weighted by atomic mass is 16.5. The molecule has 2 aromatic rings. The van der Waals surface area contributed by atoms with Gasteiger partial charge in [-0.1, -0.05) is 19.4 Å². The van der Waals surface area contributed by atoms with E-state index in [-0.39, 0.29) is 6.04 Å². The number of nitrogens with one attached hydrogen (secondary N) is 1. The summed E-state index contributed by atoms with van der Waals surface area (Å²) in [6.45, 7) is 4.87. The number of nitrogens with zero attached hydrogens (tertiary/aromatic N) is 3. The molecular formula is C13H20N4O. The number of aryl methyl sites for hydroxylation is 1. The van der Waals surface area contributed by atoms with Gasteiger partial charge in [-0.25, -0.2) is 4.52 Å². The van der Waals surface area contributed by atoms with Crippen molar-refractivity contribution in [2.24, 2.45) is 0 Å². The molecule has 2 rings (SSSR count). The van der Waals surface area contributed by atoms with Crippen LogP contribution in [-0.2, 0) is 4.74 Å². The number of hydrogen-bond donors (Lipinski definition) is 1. The highest BCUT2D eigenvalue weighted by Crippen LogP contribution is 2.10. The van der Waals surface area contributed by atoms with E-state index in [1.165, 1.54) is 5.56 Å². The highest BCUT2D eigenvalue weighted by Gasteiger charge is 2.10. The van der Waals surface area contributed by atoms with E-state index in [0.717, 1.165) is 18.5 Å². The van der Waals surface area contributed by atoms with E-state index in [2.05, 4.69) is 22.3 Å². The number of anilines is 1. The Labute approximate surface area is 107 Å². The van der Waals surface area contributed by atoms with Gasteiger partial charge in [0.05, 0.1) is 12.6 Å². The third kappa shape index (κ3) is 2.98. The standard InChI is InChI=1S/C13H20N4O/c1-4-5-11(9-18-3)14-13-15-12-7-6-10(2)8-17(12)16-13/h6-8,11H,4-5,9H2,1-3H3,(H,14,16). The summed E-state index contributed by atoms with van der Waals surface area (Å²) in [7, 11) is 1.71. The zero-order chi connectivity index (χ0) is 13.0. The van der Waals surface area contributed by atoms with Crippen LogP contribution in [0.2, 0.25) is 0 Å². The van der Waals surface area contributed by atoms with E-state index in [1.807, 2.05) is 25.3 Å². The average Bonchev–Trinajstić information content (AvgIpc) is 2.71. The number of fused-ring (bicyclic) bond motifs is 1. The van der Waals surface area contributed by atoms with Crippen molar-refractivity contribution in [3.63, 3.8) is 0 Å². The molecule has 5 heteroatoms. The number of hydrogen-bond acceptors (Lipinski definition) is 4. The van der Waals surface area contributed by atoms with Crippen molar-refractivity contribution in [1.82, 2.24) is 14.6 Å². The molecule has 0 fully saturated rings. The van der Waals surface area contributed by atoms with Crippen molar-refractivity contribution in [1.29, 1.82) is 0 Å². The third-order valence-electron chi connectivity index (χ3n) is 2.82. The van der Waals surface area contributed by atoms with Gasteiger partial charge in [0, 0.05) is 13.3 Å². The van der Waals surface area contributed by atoms with E-state index >= 15 is 0 Å². The highest BCUT2D eigenvalue weighted by molar-refractivity contribution is 5.44. The summed E-state index contributed by atoms with van der Waals surface area (Å²) in [6, 6.07) is 4.27. The molecule has 0 saturated carbocycles. The Morgan fingerprint density at radius 3 is 3.00 bits per heavy atom. The Bertz CT molecular complexity index is 503. The Morgan fingerprint density at radius 2 is 2.28 bits per heavy atom. The number of rotatable bonds is 6. The summed E-state index contributed by atoms with van der Waals surface area (Å²) < 4.78 is 7.00. The lowest BCUT2D eigenvalue weighted by atomic mass is 10.2. The first-order valence-corrected chi connectivity index (χ1v) is 6.31. The van der Waals surface area contributed by atoms with Crippen LogP contribution in [0.15, 0.2) is 18.3 Å². The minimum Gasteiger partial charge on any atom is -0.383 e. The van der Waals surface area contributed by atoms with Gasteiger partial charge >= 0.3 is 0 Å². The van der Waals surface area contributed by atoms with Crippen LogP contribution in [0, 0.1) is 6.92 Å². The van der Waals surface area contributed by atoms with Crippen molar-refractivity contribution in [2.75, 3.05) is 19.0 Å². The van der Waals surface area contributed by atoms with Gasteiger partial charge < -0.3 is 10.1 Å². The van der Waals surface area contributed by atoms with E-state index in [4.69, 9.17) is 4.74 Å². The molecule has 0 amide bonds. The number of ether oxygens (including phenoxy) is 1. The molecule has 5 nitrogen and oxygen atoms in total. The van der Waals surface area contributed by atoms with Gasteiger partial charge in [0.15, 0.2) is 5.65 Å². The summed E-state index contributed by atoms with van der Waals surface area (Å²) in [4.78, 5) is 4.44. The summed E-state index contributed by atoms with van der Waals surface area (Å²) in [5.41, 5.74) is 2.02. The average molecular weight is 248 g/mol. The summed E-state index contributed by atoms with van der Waals surface area (Å²) in [5.74, 6) is 0.663. The summed E-state index contributed by atoms with van der Waals surface area (Å²) in [5, 5.41) is 7.74. The van der Waals surface area contributed by atoms with E-state index in [0.29, 0.717) is 12.6 Å². The number of pyridine rings is 1. The van der Waals surface area contributed by atoms with Gasteiger partial charge in [-0.2, -0.15) is 4.98 Å². The first kappa shape index (κ1) is 12.8. The monoisotopic (exact) mass is 248 g/mol. The third-order valence-corrected chi connectivity index (χ3v) is 2.82. The maximum absolute atomic E-state index is 5.20. The molecule has 2 heterocycles. The predicted molar refractivity (Wildman–Crippen MR) is 71.9 cm³/mol. The molecule has 18 heavy (non-hydrogen) atoms. The molecule has 0 aliphatic rings. The fourth-order valence-corrected chi connectivity index (χ4v) is 1.98. The maximum Gasteiger partial charge on any atom is 0.243 e. The largest absolute Gasteiger partial charge is 0.383 e. The molecule has 0 aliphatic carbocycles. The Kier molecular flexibility index (Phi) is 4.15. The molecule has 0 bridgehead atoms. The minimum atomic E-state index is 0.263. The molecule has 2 aromatic heterocycles. The van der Waals surface area contributed by atoms with Crippen molar-refractivity contribution in [2.45, 2.75) is 32.7 Å². The summed E-state index contributed by atoms with van der Waals surface area (Å²) >= 11 is 0. The first-order chi connectivity index (χ1) is 8.72. The smallest absolute Gasteiger partial charge is 0.243 e. The van der Waals surface area contributed by atoms with Crippen molar-refractivity contribution in [3.8, 4) is 0 Å². The zero-order valence-corrected chi connectivity index (χ0v) is 11.2. The molecular weight excluding hydrogens is 228 g/mol. The van der Waals surface area contributed by atoms with Gasteiger partial charge in [0.1, 0.15) is 0 Å². The maximum atomic E-state index is 5.20. The van der Waals surface area contributed by atoms with E-state index in [9.17, 15) is 0 Å². The van der Waals surface area contributed by atoms with Gasteiger partial charge in [-0.15, -0.1) is 5.10 Å². The van der Waals surface area contributed by atoms with Gasteiger partial charge in [-0.3, -0.25) is 0 Å². The molecule has 1 unspecified atom stereocenters. The molecule has 0 saturated heterocycles. The topological polar surface area (TPSA) is 51.5 Å². The second-order valence-corrected chi connectivity index (χ2v) is 4.53. The van der Waals surface area contributed by atoms with E-state index in [1.54, 1.807) is 11.6 Å². The minimum absolute atomic E-state index is 0.263. The lowest BCUT2D eigenvalue weighted by Crippen LogP contribution is -2.25. The van der Waals surface area contributed by atoms with Crippen LogP contribution >= 0.6 is 0 Å². The lowest BCUT2D eigenvalue weighted by Gasteiger charge is -2.15. The quantitative estimate of drug-likeness (QED) is 0.852. The SMILES string of the molecule is CCCC(COC)Nc1nc2ccc(C)cn2n1. The van der Waals surface area contributed by atoms with Crippen molar-refractivity contribution >= 4 is 11.6 Å². The Morgan fingerprint density at radius 1 is 1.44 bits per heavy atom. The van der Waals surface area contributed by atoms with Crippen LogP contribution in [0.4, 0.5) is 5.95 Å². The van der Waals surface area contributed by atoms with Gasteiger partial charge in [0.2, 0.25) is 5.95 Å². The Hall–Kier alpha value is -1.62. The van der Waals surface area contributed by atoms with Gasteiger partial charge in [0.25, 0.3) is 0 Å². The van der Waals surface area contributed by atoms with Crippen LogP contribution in [-0.4, -0.2) is 34.4 Å². The first-order valence-electron chi connectivity index (χ1n) is 6.31. The van der Waals surface area contributed by atoms with Crippen LogP contribution in [0.25, 0.3) is 5.65 Å². The van der Waals surface area contributed by atoms with Crippen LogP contribution in [0.1, 0.15) is 25.3 Å². The normalized spacial score (nSPS) is 12.8. The molecule has 1 N–H and O–H groups in total. The summed E-state index contributed by atoms with van der Waals surface area (Å²) in [6.07, 6.45) is 4.12. The number of aromatic nitrogens is 3. The van der Waals surface area contributed by atoms with Crippen molar-refractivity contribution < 1.29 is 4.74 Å². The lowest BCUT2D eigenvalue weighted by molar-refractivity contribution is 0.182. The van der Waals surface area contributed by atoms with Crippen LogP contribution in [0.3, 0.4) is 0 Å². The molecule has 1 atom stereocenters.